The van der Waals surface area contributed by atoms with Gasteiger partial charge in [-0.1, -0.05) is 44.6 Å². The molecule has 2 aliphatic heterocycles. The van der Waals surface area contributed by atoms with Crippen LogP contribution in [-0.2, 0) is 30.3 Å². The average molecular weight is 626 g/mol. The lowest BCUT2D eigenvalue weighted by atomic mass is 9.97. The maximum atomic E-state index is 12.8. The van der Waals surface area contributed by atoms with Gasteiger partial charge >= 0.3 is 12.1 Å². The first-order valence-corrected chi connectivity index (χ1v) is 16.2. The largest absolute Gasteiger partial charge is 0.477 e. The van der Waals surface area contributed by atoms with Gasteiger partial charge in [0.25, 0.3) is 11.6 Å². The van der Waals surface area contributed by atoms with Crippen molar-refractivity contribution in [1.29, 1.82) is 0 Å². The highest BCUT2D eigenvalue weighted by atomic mass is 32.2. The van der Waals surface area contributed by atoms with Crippen molar-refractivity contribution in [1.82, 2.24) is 10.2 Å². The van der Waals surface area contributed by atoms with E-state index in [2.05, 4.69) is 10.1 Å². The number of fused-ring (bicyclic) bond motifs is 1. The third kappa shape index (κ3) is 8.93. The van der Waals surface area contributed by atoms with Crippen molar-refractivity contribution in [2.45, 2.75) is 93.8 Å². The van der Waals surface area contributed by atoms with Gasteiger partial charge in [0.15, 0.2) is 0 Å². The molecule has 12 nitrogen and oxygen atoms in total. The van der Waals surface area contributed by atoms with Crippen LogP contribution in [0.4, 0.5) is 4.79 Å². The average Bonchev–Trinajstić information content (AvgIpc) is 3.48. The third-order valence-electron chi connectivity index (χ3n) is 7.56. The summed E-state index contributed by atoms with van der Waals surface area (Å²) >= 11 is 2.60. The van der Waals surface area contributed by atoms with Crippen LogP contribution in [0.2, 0.25) is 0 Å². The fourth-order valence-electron chi connectivity index (χ4n) is 5.30. The normalized spacial score (nSPS) is 24.2. The predicted molar refractivity (Wildman–Crippen MR) is 161 cm³/mol. The van der Waals surface area contributed by atoms with Crippen molar-refractivity contribution in [2.24, 2.45) is 17.2 Å². The summed E-state index contributed by atoms with van der Waals surface area (Å²) < 4.78 is 10.0. The Kier molecular flexibility index (Phi) is 13.1. The summed E-state index contributed by atoms with van der Waals surface area (Å²) in [5, 5.41) is 13.2. The van der Waals surface area contributed by atoms with Crippen molar-refractivity contribution in [3.8, 4) is 0 Å². The number of hydrogen-bond donors (Lipinski definition) is 5. The SMILES string of the molecule is COC1(NC(=O)Cc2cccs2)C(=O)N2C(C(=O)O)=C(COC(N)=O)CS[C@H]21.NC1CCCCC1.NC1CCCCC1. The van der Waals surface area contributed by atoms with Crippen LogP contribution in [0.3, 0.4) is 0 Å². The molecule has 3 fully saturated rings. The number of nitrogens with two attached hydrogens (primary N) is 3. The van der Waals surface area contributed by atoms with E-state index in [1.807, 2.05) is 11.4 Å². The number of hydrogen-bond acceptors (Lipinski definition) is 10. The van der Waals surface area contributed by atoms with Gasteiger partial charge in [-0.05, 0) is 37.1 Å². The van der Waals surface area contributed by atoms with Gasteiger partial charge in [-0.15, -0.1) is 23.1 Å². The molecule has 1 aromatic rings. The number of primary amides is 1. The molecule has 1 saturated heterocycles. The lowest BCUT2D eigenvalue weighted by molar-refractivity contribution is -0.192. The monoisotopic (exact) mass is 625 g/mol. The second-order valence-electron chi connectivity index (χ2n) is 10.7. The Labute approximate surface area is 254 Å². The molecular formula is C28H43N5O7S2. The van der Waals surface area contributed by atoms with Crippen LogP contribution >= 0.6 is 23.1 Å². The summed E-state index contributed by atoms with van der Waals surface area (Å²) in [7, 11) is 1.27. The first-order chi connectivity index (χ1) is 20.1. The fourth-order valence-corrected chi connectivity index (χ4v) is 7.43. The number of β-lactam (4-membered cyclic amide) rings is 1. The summed E-state index contributed by atoms with van der Waals surface area (Å²) in [5.74, 6) is -2.31. The van der Waals surface area contributed by atoms with Crippen LogP contribution in [0.1, 0.15) is 69.1 Å². The lowest BCUT2D eigenvalue weighted by Crippen LogP contribution is -2.80. The molecule has 3 amide bonds. The standard InChI is InChI=1S/C16H17N3O7S2.2C6H13N/c1-25-16(18-10(20)5-9-3-2-4-27-9)13(23)19-11(12(21)22)8(6-26-15(17)24)7-28-14(16)19;2*7-6-4-2-1-3-5-6/h2-4,14H,5-7H2,1H3,(H2,17,24)(H,18,20)(H,21,22);2*6H,1-5,7H2/t14-,16?;;/m0../s1. The predicted octanol–water partition coefficient (Wildman–Crippen LogP) is 2.65. The van der Waals surface area contributed by atoms with Crippen LogP contribution in [0.5, 0.6) is 0 Å². The molecule has 2 aliphatic carbocycles. The first kappa shape index (κ1) is 33.8. The van der Waals surface area contributed by atoms with E-state index >= 15 is 0 Å². The van der Waals surface area contributed by atoms with E-state index in [9.17, 15) is 24.3 Å². The molecule has 4 aliphatic rings. The Hall–Kier alpha value is -2.65. The molecule has 0 aromatic carbocycles. The van der Waals surface area contributed by atoms with Crippen LogP contribution in [0.15, 0.2) is 28.8 Å². The smallest absolute Gasteiger partial charge is 0.404 e. The molecule has 1 aromatic heterocycles. The molecule has 1 unspecified atom stereocenters. The molecule has 2 saturated carbocycles. The van der Waals surface area contributed by atoms with E-state index in [1.54, 1.807) is 6.07 Å². The minimum Gasteiger partial charge on any atom is -0.477 e. The van der Waals surface area contributed by atoms with E-state index in [0.29, 0.717) is 12.1 Å². The Morgan fingerprint density at radius 3 is 2.10 bits per heavy atom. The summed E-state index contributed by atoms with van der Waals surface area (Å²) in [6, 6.07) is 4.68. The van der Waals surface area contributed by atoms with Gasteiger partial charge < -0.3 is 37.1 Å². The van der Waals surface area contributed by atoms with Crippen LogP contribution < -0.4 is 22.5 Å². The molecule has 0 radical (unpaired) electrons. The van der Waals surface area contributed by atoms with E-state index < -0.39 is 35.0 Å². The number of nitrogens with zero attached hydrogens (tertiary/aromatic N) is 1. The highest BCUT2D eigenvalue weighted by Crippen LogP contribution is 2.46. The quantitative estimate of drug-likeness (QED) is 0.222. The van der Waals surface area contributed by atoms with E-state index in [1.165, 1.54) is 94.4 Å². The molecule has 3 heterocycles. The lowest BCUT2D eigenvalue weighted by Gasteiger charge is -2.55. The maximum absolute atomic E-state index is 12.8. The Morgan fingerprint density at radius 2 is 1.67 bits per heavy atom. The highest BCUT2D eigenvalue weighted by molar-refractivity contribution is 8.00. The van der Waals surface area contributed by atoms with Gasteiger partial charge in [0.2, 0.25) is 5.91 Å². The number of nitrogens with one attached hydrogen (secondary N) is 1. The topological polar surface area (TPSA) is 200 Å². The number of carbonyl (C=O) groups excluding carboxylic acids is 3. The molecule has 0 bridgehead atoms. The van der Waals surface area contributed by atoms with Crippen molar-refractivity contribution >= 4 is 47.0 Å². The molecular weight excluding hydrogens is 582 g/mol. The number of amides is 3. The van der Waals surface area contributed by atoms with Gasteiger partial charge in [-0.2, -0.15) is 0 Å². The second-order valence-corrected chi connectivity index (χ2v) is 12.8. The number of methoxy groups -OCH3 is 1. The third-order valence-corrected chi connectivity index (χ3v) is 9.81. The van der Waals surface area contributed by atoms with Gasteiger partial charge in [0, 0.05) is 35.4 Å². The number of carboxylic acid groups (broad SMARTS) is 1. The number of thiophene rings is 1. The number of aliphatic carboxylic acids is 1. The molecule has 5 rings (SSSR count). The van der Waals surface area contributed by atoms with E-state index in [4.69, 9.17) is 21.9 Å². The van der Waals surface area contributed by atoms with E-state index in [0.717, 1.165) is 9.78 Å². The fraction of sp³-hybridized carbons (Fsp3) is 0.643. The summed E-state index contributed by atoms with van der Waals surface area (Å²) in [5.41, 5.74) is 14.5. The van der Waals surface area contributed by atoms with Gasteiger partial charge in [0.05, 0.1) is 6.42 Å². The molecule has 0 spiro atoms. The van der Waals surface area contributed by atoms with Crippen molar-refractivity contribution in [2.75, 3.05) is 19.5 Å². The van der Waals surface area contributed by atoms with Crippen LogP contribution in [0.25, 0.3) is 0 Å². The zero-order chi connectivity index (χ0) is 30.7. The van der Waals surface area contributed by atoms with E-state index in [-0.39, 0.29) is 30.1 Å². The molecule has 8 N–H and O–H groups in total. The number of carboxylic acids is 1. The zero-order valence-corrected chi connectivity index (χ0v) is 25.7. The summed E-state index contributed by atoms with van der Waals surface area (Å²) in [6.45, 7) is -0.342. The first-order valence-electron chi connectivity index (χ1n) is 14.3. The van der Waals surface area contributed by atoms with Crippen molar-refractivity contribution in [3.05, 3.63) is 33.7 Å². The minimum absolute atomic E-state index is 0.0762. The Balaban J connectivity index is 0.000000280. The Bertz CT molecular complexity index is 1090. The van der Waals surface area contributed by atoms with Crippen molar-refractivity contribution < 1.29 is 33.8 Å². The molecule has 42 heavy (non-hydrogen) atoms. The molecule has 2 atom stereocenters. The van der Waals surface area contributed by atoms with Crippen LogP contribution in [-0.4, -0.2) is 76.5 Å². The van der Waals surface area contributed by atoms with Gasteiger partial charge in [0.1, 0.15) is 17.7 Å². The molecule has 234 valence electrons. The van der Waals surface area contributed by atoms with Gasteiger partial charge in [-0.25, -0.2) is 9.59 Å². The number of ether oxygens (including phenoxy) is 2. The maximum Gasteiger partial charge on any atom is 0.404 e. The zero-order valence-electron chi connectivity index (χ0n) is 24.0. The number of thioether (sulfide) groups is 1. The number of rotatable bonds is 7. The van der Waals surface area contributed by atoms with Crippen molar-refractivity contribution in [3.63, 3.8) is 0 Å². The summed E-state index contributed by atoms with van der Waals surface area (Å²) in [4.78, 5) is 49.6. The minimum atomic E-state index is -1.66. The Morgan fingerprint density at radius 1 is 1.07 bits per heavy atom. The second kappa shape index (κ2) is 16.3. The van der Waals surface area contributed by atoms with Crippen LogP contribution in [0, 0.1) is 0 Å². The summed E-state index contributed by atoms with van der Waals surface area (Å²) in [6.07, 6.45) is 12.4. The number of carbonyl (C=O) groups is 4. The highest BCUT2D eigenvalue weighted by Gasteiger charge is 2.66. The molecule has 14 heteroatoms. The van der Waals surface area contributed by atoms with Gasteiger partial charge in [-0.3, -0.25) is 14.5 Å².